The zero-order chi connectivity index (χ0) is 57.7. The molecule has 0 aliphatic heterocycles. The molecule has 2 N–H and O–H groups in total. The van der Waals surface area contributed by atoms with Crippen LogP contribution in [0.15, 0.2) is 0 Å². The first kappa shape index (κ1) is 78.5. The third-order valence-corrected chi connectivity index (χ3v) is 18.1. The highest BCUT2D eigenvalue weighted by Crippen LogP contribution is 2.38. The lowest BCUT2D eigenvalue weighted by Gasteiger charge is -2.30. The van der Waals surface area contributed by atoms with Gasteiger partial charge in [0.05, 0.1) is 39.9 Å². The molecule has 0 aromatic carbocycles. The predicted octanol–water partition coefficient (Wildman–Crippen LogP) is 22.1. The van der Waals surface area contributed by atoms with Crippen LogP contribution in [-0.2, 0) is 18.4 Å². The van der Waals surface area contributed by atoms with Gasteiger partial charge in [0, 0.05) is 6.42 Å². The number of unbranched alkanes of at least 4 members (excludes halogenated alkanes) is 55. The zero-order valence-corrected chi connectivity index (χ0v) is 55.3. The Bertz CT molecular complexity index is 1250. The van der Waals surface area contributed by atoms with Crippen molar-refractivity contribution in [1.29, 1.82) is 0 Å². The van der Waals surface area contributed by atoms with E-state index in [4.69, 9.17) is 9.05 Å². The molecule has 79 heavy (non-hydrogen) atoms. The van der Waals surface area contributed by atoms with Crippen molar-refractivity contribution in [3.05, 3.63) is 0 Å². The van der Waals surface area contributed by atoms with Gasteiger partial charge < -0.3 is 28.8 Å². The fourth-order valence-electron chi connectivity index (χ4n) is 11.5. The minimum atomic E-state index is -4.58. The third kappa shape index (κ3) is 64.9. The van der Waals surface area contributed by atoms with Gasteiger partial charge in [-0.25, -0.2) is 0 Å². The fraction of sp³-hybridized carbons (Fsp3) is 0.986. The maximum absolute atomic E-state index is 13.1. The van der Waals surface area contributed by atoms with Crippen LogP contribution in [0.4, 0.5) is 0 Å². The van der Waals surface area contributed by atoms with Crippen molar-refractivity contribution in [2.24, 2.45) is 0 Å². The van der Waals surface area contributed by atoms with E-state index in [2.05, 4.69) is 19.2 Å². The monoisotopic (exact) mass is 1140 g/mol. The summed E-state index contributed by atoms with van der Waals surface area (Å²) in [6.07, 6.45) is 77.6. The molecule has 474 valence electrons. The molecular formula is C70H143N2O6P. The van der Waals surface area contributed by atoms with E-state index in [1.54, 1.807) is 0 Å². The van der Waals surface area contributed by atoms with E-state index in [1.165, 1.54) is 327 Å². The predicted molar refractivity (Wildman–Crippen MR) is 344 cm³/mol. The molecule has 0 aromatic rings. The van der Waals surface area contributed by atoms with Gasteiger partial charge in [0.2, 0.25) is 5.91 Å². The number of nitrogens with zero attached hydrogens (tertiary/aromatic N) is 1. The summed E-state index contributed by atoms with van der Waals surface area (Å²) in [5.74, 6) is -0.153. The number of likely N-dealkylation sites (N-methyl/N-ethyl adjacent to an activating group) is 1. The summed E-state index contributed by atoms with van der Waals surface area (Å²) in [5.41, 5.74) is 0. The number of amides is 1. The van der Waals surface area contributed by atoms with Crippen molar-refractivity contribution in [2.45, 2.75) is 405 Å². The van der Waals surface area contributed by atoms with Gasteiger partial charge in [0.25, 0.3) is 7.82 Å². The highest BCUT2D eigenvalue weighted by atomic mass is 31.2. The van der Waals surface area contributed by atoms with Gasteiger partial charge in [0.15, 0.2) is 0 Å². The Balaban J connectivity index is 3.96. The van der Waals surface area contributed by atoms with Crippen LogP contribution >= 0.6 is 7.82 Å². The molecule has 9 heteroatoms. The third-order valence-electron chi connectivity index (χ3n) is 17.1. The molecule has 0 radical (unpaired) electrons. The van der Waals surface area contributed by atoms with Crippen LogP contribution < -0.4 is 10.2 Å². The van der Waals surface area contributed by atoms with Crippen molar-refractivity contribution in [3.8, 4) is 0 Å². The quantitative estimate of drug-likeness (QED) is 0.0357. The summed E-state index contributed by atoms with van der Waals surface area (Å²) in [6, 6.07) is -0.797. The van der Waals surface area contributed by atoms with E-state index < -0.39 is 20.0 Å². The number of phosphoric acid groups is 1. The number of hydrogen-bond acceptors (Lipinski definition) is 6. The Kier molecular flexibility index (Phi) is 61.7. The molecule has 0 fully saturated rings. The number of quaternary nitrogens is 1. The molecule has 0 saturated heterocycles. The van der Waals surface area contributed by atoms with Crippen LogP contribution in [0.1, 0.15) is 393 Å². The topological polar surface area (TPSA) is 108 Å². The summed E-state index contributed by atoms with van der Waals surface area (Å²) >= 11 is 0. The van der Waals surface area contributed by atoms with E-state index in [0.717, 1.165) is 38.5 Å². The lowest BCUT2D eigenvalue weighted by atomic mass is 10.0. The van der Waals surface area contributed by atoms with Gasteiger partial charge in [-0.3, -0.25) is 9.36 Å². The second-order valence-electron chi connectivity index (χ2n) is 26.3. The molecule has 0 saturated carbocycles. The largest absolute Gasteiger partial charge is 0.756 e. The second kappa shape index (κ2) is 62.0. The molecule has 0 aliphatic carbocycles. The van der Waals surface area contributed by atoms with E-state index in [0.29, 0.717) is 23.9 Å². The number of carbonyl (C=O) groups excluding carboxylic acids is 1. The zero-order valence-electron chi connectivity index (χ0n) is 54.4. The van der Waals surface area contributed by atoms with Crippen LogP contribution in [0.3, 0.4) is 0 Å². The molecule has 8 nitrogen and oxygen atoms in total. The van der Waals surface area contributed by atoms with Crippen molar-refractivity contribution in [2.75, 3.05) is 40.9 Å². The van der Waals surface area contributed by atoms with Crippen LogP contribution in [0.2, 0.25) is 0 Å². The molecule has 0 aromatic heterocycles. The van der Waals surface area contributed by atoms with Gasteiger partial charge in [-0.15, -0.1) is 0 Å². The molecule has 0 aliphatic rings. The molecule has 3 atom stereocenters. The molecule has 0 spiro atoms. The Morgan fingerprint density at radius 2 is 0.620 bits per heavy atom. The summed E-state index contributed by atoms with van der Waals surface area (Å²) in [7, 11) is 1.33. The van der Waals surface area contributed by atoms with Gasteiger partial charge in [-0.05, 0) is 12.8 Å². The van der Waals surface area contributed by atoms with Crippen molar-refractivity contribution in [1.82, 2.24) is 5.32 Å². The van der Waals surface area contributed by atoms with Gasteiger partial charge in [-0.2, -0.15) is 0 Å². The summed E-state index contributed by atoms with van der Waals surface area (Å²) in [6.45, 7) is 4.80. The molecule has 0 rings (SSSR count). The lowest BCUT2D eigenvalue weighted by molar-refractivity contribution is -0.870. The van der Waals surface area contributed by atoms with Crippen molar-refractivity contribution >= 4 is 13.7 Å². The number of aliphatic hydroxyl groups is 1. The van der Waals surface area contributed by atoms with Crippen LogP contribution in [0.5, 0.6) is 0 Å². The number of rotatable bonds is 68. The number of aliphatic hydroxyl groups excluding tert-OH is 1. The highest BCUT2D eigenvalue weighted by Gasteiger charge is 2.24. The molecular weight excluding hydrogens is 996 g/mol. The van der Waals surface area contributed by atoms with Crippen molar-refractivity contribution < 1.29 is 32.9 Å². The first-order valence-corrected chi connectivity index (χ1v) is 37.3. The fourth-order valence-corrected chi connectivity index (χ4v) is 12.2. The average molecular weight is 1140 g/mol. The second-order valence-corrected chi connectivity index (χ2v) is 27.7. The van der Waals surface area contributed by atoms with E-state index in [1.807, 2.05) is 21.1 Å². The Morgan fingerprint density at radius 1 is 0.392 bits per heavy atom. The Labute approximate surface area is 495 Å². The van der Waals surface area contributed by atoms with E-state index in [9.17, 15) is 19.4 Å². The van der Waals surface area contributed by atoms with Crippen molar-refractivity contribution in [3.63, 3.8) is 0 Å². The number of nitrogens with one attached hydrogen (secondary N) is 1. The summed E-state index contributed by atoms with van der Waals surface area (Å²) in [5, 5.41) is 14.1. The molecule has 3 unspecified atom stereocenters. The molecule has 1 amide bonds. The molecule has 0 heterocycles. The first-order chi connectivity index (χ1) is 38.5. The maximum atomic E-state index is 13.1. The van der Waals surface area contributed by atoms with Gasteiger partial charge >= 0.3 is 0 Å². The summed E-state index contributed by atoms with van der Waals surface area (Å²) < 4.78 is 23.6. The van der Waals surface area contributed by atoms with Crippen LogP contribution in [0.25, 0.3) is 0 Å². The SMILES string of the molecule is CCCCCCCCCCCCCCCCCCCCCCCCCCCCCCCCCCC(O)C(COP(=O)([O-])OCC[N+](C)(C)C)NC(=O)CCCCCCCCCCCCCCCCCCCCCCCCCCC. The van der Waals surface area contributed by atoms with Gasteiger partial charge in [0.1, 0.15) is 13.2 Å². The minimum absolute atomic E-state index is 0.0170. The Morgan fingerprint density at radius 3 is 0.861 bits per heavy atom. The normalized spacial score (nSPS) is 13.6. The first-order valence-electron chi connectivity index (χ1n) is 35.9. The number of hydrogen-bond donors (Lipinski definition) is 2. The smallest absolute Gasteiger partial charge is 0.268 e. The average Bonchev–Trinajstić information content (AvgIpc) is 3.42. The minimum Gasteiger partial charge on any atom is -0.756 e. The van der Waals surface area contributed by atoms with E-state index in [-0.39, 0.29) is 19.1 Å². The summed E-state index contributed by atoms with van der Waals surface area (Å²) in [4.78, 5) is 25.7. The molecule has 0 bridgehead atoms. The standard InChI is InChI=1S/C70H143N2O6P/c1-6-8-10-12-14-16-18-20-22-24-26-28-30-32-33-34-35-36-37-38-40-41-43-45-47-49-51-53-55-57-59-61-63-69(73)68(67-78-79(75,76)77-66-65-72(3,4)5)71-70(74)64-62-60-58-56-54-52-50-48-46-44-42-39-31-29-27-25-23-21-19-17-15-13-11-9-7-2/h68-69,73H,6-67H2,1-5H3,(H-,71,74,75,76). The van der Waals surface area contributed by atoms with Crippen LogP contribution in [0, 0.1) is 0 Å². The number of carbonyl (C=O) groups is 1. The highest BCUT2D eigenvalue weighted by molar-refractivity contribution is 7.45. The maximum Gasteiger partial charge on any atom is 0.268 e. The lowest BCUT2D eigenvalue weighted by Crippen LogP contribution is -2.46. The van der Waals surface area contributed by atoms with Crippen LogP contribution in [-0.4, -0.2) is 68.5 Å². The van der Waals surface area contributed by atoms with E-state index >= 15 is 0 Å². The van der Waals surface area contributed by atoms with Gasteiger partial charge in [-0.1, -0.05) is 373 Å². The Hall–Kier alpha value is -0.500. The number of phosphoric ester groups is 1.